The number of ether oxygens (including phenoxy) is 1. The standard InChI is InChI=1S/C16H28N2O2/c19-16(14-7-1-3-9-17-14)20-12-13-6-5-11-18-10-4-2-8-15(13)18/h13-15,17H,1-12H2/p+2/t13-,14-,15-/m1/s1. The number of carbonyl (C=O) groups excluding carboxylic acids is 1. The van der Waals surface area contributed by atoms with Crippen molar-refractivity contribution in [1.29, 1.82) is 0 Å². The Hall–Kier alpha value is -0.610. The summed E-state index contributed by atoms with van der Waals surface area (Å²) in [5, 5.41) is 2.17. The molecule has 3 fully saturated rings. The van der Waals surface area contributed by atoms with Crippen LogP contribution >= 0.6 is 0 Å². The fourth-order valence-electron chi connectivity index (χ4n) is 4.43. The van der Waals surface area contributed by atoms with Crippen LogP contribution in [0.5, 0.6) is 0 Å². The molecule has 4 atom stereocenters. The molecule has 3 aliphatic heterocycles. The van der Waals surface area contributed by atoms with E-state index < -0.39 is 0 Å². The van der Waals surface area contributed by atoms with Gasteiger partial charge < -0.3 is 15.0 Å². The van der Waals surface area contributed by atoms with Crippen molar-refractivity contribution in [3.8, 4) is 0 Å². The van der Waals surface area contributed by atoms with Crippen LogP contribution < -0.4 is 10.2 Å². The quantitative estimate of drug-likeness (QED) is 0.685. The minimum absolute atomic E-state index is 0.0487. The molecule has 0 radical (unpaired) electrons. The van der Waals surface area contributed by atoms with Crippen molar-refractivity contribution in [3.63, 3.8) is 0 Å². The molecule has 3 heterocycles. The molecule has 3 aliphatic rings. The van der Waals surface area contributed by atoms with Crippen molar-refractivity contribution in [3.05, 3.63) is 0 Å². The topological polar surface area (TPSA) is 47.4 Å². The van der Waals surface area contributed by atoms with Crippen molar-refractivity contribution in [2.45, 2.75) is 63.5 Å². The van der Waals surface area contributed by atoms with Gasteiger partial charge in [-0.2, -0.15) is 0 Å². The Balaban J connectivity index is 1.48. The molecule has 0 aliphatic carbocycles. The molecule has 114 valence electrons. The van der Waals surface area contributed by atoms with E-state index in [9.17, 15) is 4.79 Å². The van der Waals surface area contributed by atoms with Gasteiger partial charge in [0.1, 0.15) is 6.61 Å². The zero-order chi connectivity index (χ0) is 13.8. The van der Waals surface area contributed by atoms with E-state index in [-0.39, 0.29) is 12.0 Å². The normalized spacial score (nSPS) is 38.0. The summed E-state index contributed by atoms with van der Waals surface area (Å²) in [7, 11) is 0. The van der Waals surface area contributed by atoms with Crippen LogP contribution in [0.3, 0.4) is 0 Å². The first-order valence-corrected chi connectivity index (χ1v) is 8.69. The Labute approximate surface area is 122 Å². The zero-order valence-electron chi connectivity index (χ0n) is 12.6. The lowest BCUT2D eigenvalue weighted by molar-refractivity contribution is -0.940. The van der Waals surface area contributed by atoms with Crippen LogP contribution in [0.15, 0.2) is 0 Å². The van der Waals surface area contributed by atoms with Crippen LogP contribution in [-0.2, 0) is 9.53 Å². The van der Waals surface area contributed by atoms with Gasteiger partial charge in [0, 0.05) is 12.3 Å². The van der Waals surface area contributed by atoms with Crippen LogP contribution in [0, 0.1) is 5.92 Å². The molecule has 0 bridgehead atoms. The molecule has 0 aromatic heterocycles. The van der Waals surface area contributed by atoms with Crippen molar-refractivity contribution in [1.82, 2.24) is 0 Å². The average molecular weight is 282 g/mol. The van der Waals surface area contributed by atoms with E-state index in [0.717, 1.165) is 19.0 Å². The lowest BCUT2D eigenvalue weighted by Gasteiger charge is -2.41. The highest BCUT2D eigenvalue weighted by atomic mass is 16.5. The van der Waals surface area contributed by atoms with E-state index in [1.807, 2.05) is 0 Å². The van der Waals surface area contributed by atoms with E-state index in [4.69, 9.17) is 4.74 Å². The van der Waals surface area contributed by atoms with Crippen LogP contribution in [0.25, 0.3) is 0 Å². The average Bonchev–Trinajstić information content (AvgIpc) is 2.53. The van der Waals surface area contributed by atoms with E-state index in [0.29, 0.717) is 12.5 Å². The molecule has 0 spiro atoms. The summed E-state index contributed by atoms with van der Waals surface area (Å²) in [6.07, 6.45) is 10.1. The number of esters is 1. The van der Waals surface area contributed by atoms with Gasteiger partial charge in [-0.3, -0.25) is 0 Å². The number of hydrogen-bond donors (Lipinski definition) is 2. The summed E-state index contributed by atoms with van der Waals surface area (Å²) in [6, 6.07) is 0.850. The van der Waals surface area contributed by atoms with Gasteiger partial charge in [-0.05, 0) is 44.9 Å². The van der Waals surface area contributed by atoms with Crippen LogP contribution in [0.2, 0.25) is 0 Å². The molecular weight excluding hydrogens is 252 g/mol. The van der Waals surface area contributed by atoms with Crippen molar-refractivity contribution in [2.75, 3.05) is 26.2 Å². The van der Waals surface area contributed by atoms with Gasteiger partial charge in [-0.1, -0.05) is 0 Å². The number of carbonyl (C=O) groups is 1. The second-order valence-corrected chi connectivity index (χ2v) is 6.92. The Morgan fingerprint density at radius 1 is 1.05 bits per heavy atom. The lowest BCUT2D eigenvalue weighted by Crippen LogP contribution is -3.18. The number of piperidine rings is 3. The molecule has 1 unspecified atom stereocenters. The number of fused-ring (bicyclic) bond motifs is 1. The summed E-state index contributed by atoms with van der Waals surface area (Å²) in [4.78, 5) is 13.9. The Kier molecular flexibility index (Phi) is 4.94. The third-order valence-corrected chi connectivity index (χ3v) is 5.59. The molecule has 3 N–H and O–H groups in total. The predicted octanol–water partition coefficient (Wildman–Crippen LogP) is -0.507. The van der Waals surface area contributed by atoms with Crippen LogP contribution in [0.1, 0.15) is 51.4 Å². The van der Waals surface area contributed by atoms with Crippen LogP contribution in [-0.4, -0.2) is 44.3 Å². The first-order chi connectivity index (χ1) is 9.84. The molecule has 0 aromatic rings. The van der Waals surface area contributed by atoms with Gasteiger partial charge >= 0.3 is 5.97 Å². The van der Waals surface area contributed by atoms with E-state index in [1.165, 1.54) is 58.0 Å². The van der Waals surface area contributed by atoms with E-state index >= 15 is 0 Å². The summed E-state index contributed by atoms with van der Waals surface area (Å²) in [6.45, 7) is 4.44. The highest BCUT2D eigenvalue weighted by molar-refractivity contribution is 5.74. The fraction of sp³-hybridized carbons (Fsp3) is 0.938. The maximum atomic E-state index is 12.1. The smallest absolute Gasteiger partial charge is 0.364 e. The second kappa shape index (κ2) is 6.90. The molecule has 4 heteroatoms. The highest BCUT2D eigenvalue weighted by Crippen LogP contribution is 2.20. The van der Waals surface area contributed by atoms with Gasteiger partial charge in [-0.15, -0.1) is 0 Å². The zero-order valence-corrected chi connectivity index (χ0v) is 12.6. The maximum Gasteiger partial charge on any atom is 0.364 e. The van der Waals surface area contributed by atoms with Crippen molar-refractivity contribution in [2.24, 2.45) is 5.92 Å². The first kappa shape index (κ1) is 14.3. The Morgan fingerprint density at radius 2 is 1.90 bits per heavy atom. The SMILES string of the molecule is O=C(OC[C@H]1CCC[NH+]2CCCC[C@H]12)[C@H]1CCCC[NH2+]1. The number of hydrogen-bond acceptors (Lipinski definition) is 2. The molecule has 3 rings (SSSR count). The monoisotopic (exact) mass is 282 g/mol. The van der Waals surface area contributed by atoms with Gasteiger partial charge in [0.15, 0.2) is 6.04 Å². The lowest BCUT2D eigenvalue weighted by atomic mass is 9.84. The third kappa shape index (κ3) is 3.34. The highest BCUT2D eigenvalue weighted by Gasteiger charge is 2.37. The predicted molar refractivity (Wildman–Crippen MR) is 76.5 cm³/mol. The Bertz CT molecular complexity index is 326. The number of nitrogens with two attached hydrogens (primary N) is 1. The fourth-order valence-corrected chi connectivity index (χ4v) is 4.43. The second-order valence-electron chi connectivity index (χ2n) is 6.92. The maximum absolute atomic E-state index is 12.1. The summed E-state index contributed by atoms with van der Waals surface area (Å²) >= 11 is 0. The minimum Gasteiger partial charge on any atom is -0.461 e. The summed E-state index contributed by atoms with van der Waals surface area (Å²) < 4.78 is 5.69. The number of quaternary nitrogens is 2. The molecule has 4 nitrogen and oxygen atoms in total. The largest absolute Gasteiger partial charge is 0.461 e. The minimum atomic E-state index is 0.0487. The Morgan fingerprint density at radius 3 is 2.75 bits per heavy atom. The number of nitrogens with one attached hydrogen (secondary N) is 1. The third-order valence-electron chi connectivity index (χ3n) is 5.59. The van der Waals surface area contributed by atoms with Gasteiger partial charge in [0.25, 0.3) is 0 Å². The molecule has 0 amide bonds. The molecule has 3 saturated heterocycles. The number of rotatable bonds is 3. The van der Waals surface area contributed by atoms with Crippen molar-refractivity contribution >= 4 is 5.97 Å². The first-order valence-electron chi connectivity index (χ1n) is 8.69. The molecule has 20 heavy (non-hydrogen) atoms. The van der Waals surface area contributed by atoms with Gasteiger partial charge in [-0.25, -0.2) is 4.79 Å². The summed E-state index contributed by atoms with van der Waals surface area (Å²) in [5.74, 6) is 0.666. The van der Waals surface area contributed by atoms with Crippen molar-refractivity contribution < 1.29 is 19.7 Å². The molecule has 0 saturated carbocycles. The van der Waals surface area contributed by atoms with Gasteiger partial charge in [0.2, 0.25) is 0 Å². The molecular formula is C16H30N2O2+2. The van der Waals surface area contributed by atoms with E-state index in [2.05, 4.69) is 5.32 Å². The van der Waals surface area contributed by atoms with Gasteiger partial charge in [0.05, 0.1) is 25.7 Å². The summed E-state index contributed by atoms with van der Waals surface area (Å²) in [5.41, 5.74) is 0. The van der Waals surface area contributed by atoms with E-state index in [1.54, 1.807) is 4.90 Å². The van der Waals surface area contributed by atoms with Crippen LogP contribution in [0.4, 0.5) is 0 Å². The molecule has 0 aromatic carbocycles.